The molecule has 1 unspecified atom stereocenters. The van der Waals surface area contributed by atoms with Crippen LogP contribution < -0.4 is 0 Å². The minimum absolute atomic E-state index is 0.192. The minimum Gasteiger partial charge on any atom is -0.282 e. The molecule has 1 aromatic rings. The van der Waals surface area contributed by atoms with Crippen LogP contribution in [0.1, 0.15) is 18.9 Å². The molecule has 1 aliphatic rings. The van der Waals surface area contributed by atoms with Gasteiger partial charge in [0.25, 0.3) is 0 Å². The van der Waals surface area contributed by atoms with Crippen LogP contribution in [0.5, 0.6) is 0 Å². The van der Waals surface area contributed by atoms with Crippen LogP contribution in [0.25, 0.3) is 0 Å². The number of halogens is 2. The van der Waals surface area contributed by atoms with Crippen LogP contribution >= 0.6 is 0 Å². The number of hydrogen-bond acceptors (Lipinski definition) is 2. The lowest BCUT2D eigenvalue weighted by atomic mass is 10.1. The van der Waals surface area contributed by atoms with Crippen molar-refractivity contribution < 1.29 is 18.4 Å². The molecule has 1 atom stereocenters. The fourth-order valence-corrected chi connectivity index (χ4v) is 2.02. The van der Waals surface area contributed by atoms with Gasteiger partial charge in [0.05, 0.1) is 0 Å². The smallest absolute Gasteiger partial charge is 0.232 e. The van der Waals surface area contributed by atoms with Gasteiger partial charge < -0.3 is 0 Å². The van der Waals surface area contributed by atoms with Crippen LogP contribution in [0.4, 0.5) is 8.78 Å². The minimum atomic E-state index is -0.917. The number of carbonyl (C=O) groups excluding carboxylic acids is 2. The van der Waals surface area contributed by atoms with Gasteiger partial charge in [-0.1, -0.05) is 13.0 Å². The second-order valence-corrected chi connectivity index (χ2v) is 4.49. The quantitative estimate of drug-likeness (QED) is 0.771. The van der Waals surface area contributed by atoms with E-state index in [1.54, 1.807) is 6.92 Å². The van der Waals surface area contributed by atoms with Gasteiger partial charge in [0.15, 0.2) is 11.6 Å². The number of imide groups is 1. The SMILES string of the molecule is CC1CC(=O)N(CCc2ccc(F)c(F)c2)C1=O. The Hall–Kier alpha value is -1.78. The van der Waals surface area contributed by atoms with Crippen molar-refractivity contribution in [1.82, 2.24) is 4.90 Å². The topological polar surface area (TPSA) is 37.4 Å². The van der Waals surface area contributed by atoms with Gasteiger partial charge in [-0.05, 0) is 24.1 Å². The van der Waals surface area contributed by atoms with E-state index >= 15 is 0 Å². The van der Waals surface area contributed by atoms with E-state index in [-0.39, 0.29) is 30.7 Å². The summed E-state index contributed by atoms with van der Waals surface area (Å²) in [5.41, 5.74) is 0.564. The van der Waals surface area contributed by atoms with Crippen molar-refractivity contribution in [3.8, 4) is 0 Å². The monoisotopic (exact) mass is 253 g/mol. The number of amides is 2. The first-order valence-corrected chi connectivity index (χ1v) is 5.77. The maximum atomic E-state index is 13.0. The molecule has 0 aliphatic carbocycles. The second kappa shape index (κ2) is 4.84. The van der Waals surface area contributed by atoms with Crippen molar-refractivity contribution in [2.45, 2.75) is 19.8 Å². The molecule has 96 valence electrons. The Morgan fingerprint density at radius 3 is 2.56 bits per heavy atom. The maximum absolute atomic E-state index is 13.0. The van der Waals surface area contributed by atoms with E-state index in [0.29, 0.717) is 12.0 Å². The Morgan fingerprint density at radius 2 is 2.00 bits per heavy atom. The highest BCUT2D eigenvalue weighted by Crippen LogP contribution is 2.19. The van der Waals surface area contributed by atoms with E-state index < -0.39 is 11.6 Å². The van der Waals surface area contributed by atoms with Gasteiger partial charge in [0.1, 0.15) is 0 Å². The molecule has 1 saturated heterocycles. The third-order valence-electron chi connectivity index (χ3n) is 3.08. The molecule has 0 bridgehead atoms. The average Bonchev–Trinajstić information content (AvgIpc) is 2.56. The summed E-state index contributed by atoms with van der Waals surface area (Å²) in [5, 5.41) is 0. The number of benzene rings is 1. The van der Waals surface area contributed by atoms with E-state index in [2.05, 4.69) is 0 Å². The molecule has 18 heavy (non-hydrogen) atoms. The fraction of sp³-hybridized carbons (Fsp3) is 0.385. The van der Waals surface area contributed by atoms with Crippen LogP contribution in [0.15, 0.2) is 18.2 Å². The van der Waals surface area contributed by atoms with Crippen LogP contribution in [0.2, 0.25) is 0 Å². The Bertz CT molecular complexity index is 502. The van der Waals surface area contributed by atoms with Gasteiger partial charge in [-0.3, -0.25) is 14.5 Å². The zero-order valence-electron chi connectivity index (χ0n) is 9.95. The third-order valence-corrected chi connectivity index (χ3v) is 3.08. The summed E-state index contributed by atoms with van der Waals surface area (Å²) in [6, 6.07) is 3.58. The summed E-state index contributed by atoms with van der Waals surface area (Å²) in [5.74, 6) is -2.49. The molecule has 1 heterocycles. The molecule has 1 fully saturated rings. The number of likely N-dealkylation sites (tertiary alicyclic amines) is 1. The third kappa shape index (κ3) is 2.39. The summed E-state index contributed by atoms with van der Waals surface area (Å²) < 4.78 is 25.7. The fourth-order valence-electron chi connectivity index (χ4n) is 2.02. The van der Waals surface area contributed by atoms with Crippen molar-refractivity contribution >= 4 is 11.8 Å². The lowest BCUT2D eigenvalue weighted by molar-refractivity contribution is -0.139. The molecule has 0 spiro atoms. The van der Waals surface area contributed by atoms with Gasteiger partial charge in [-0.25, -0.2) is 8.78 Å². The molecule has 2 rings (SSSR count). The summed E-state index contributed by atoms with van der Waals surface area (Å²) in [6.45, 7) is 1.92. The molecule has 3 nitrogen and oxygen atoms in total. The second-order valence-electron chi connectivity index (χ2n) is 4.49. The molecule has 0 saturated carbocycles. The molecule has 1 aliphatic heterocycles. The normalized spacial score (nSPS) is 19.7. The number of rotatable bonds is 3. The molecule has 0 N–H and O–H groups in total. The van der Waals surface area contributed by atoms with Crippen molar-refractivity contribution in [3.63, 3.8) is 0 Å². The molecule has 2 amide bonds. The van der Waals surface area contributed by atoms with Crippen LogP contribution in [-0.2, 0) is 16.0 Å². The first kappa shape index (κ1) is 12.7. The number of nitrogens with zero attached hydrogens (tertiary/aromatic N) is 1. The standard InChI is InChI=1S/C13H13F2NO2/c1-8-6-12(17)16(13(8)18)5-4-9-2-3-10(14)11(15)7-9/h2-3,7-8H,4-6H2,1H3. The van der Waals surface area contributed by atoms with Crippen LogP contribution in [0, 0.1) is 17.6 Å². The molecule has 1 aromatic carbocycles. The van der Waals surface area contributed by atoms with Crippen molar-refractivity contribution in [2.24, 2.45) is 5.92 Å². The average molecular weight is 253 g/mol. The summed E-state index contributed by atoms with van der Waals surface area (Å²) >= 11 is 0. The van der Waals surface area contributed by atoms with E-state index in [4.69, 9.17) is 0 Å². The van der Waals surface area contributed by atoms with Gasteiger partial charge in [-0.2, -0.15) is 0 Å². The zero-order chi connectivity index (χ0) is 13.3. The molecule has 0 radical (unpaired) electrons. The van der Waals surface area contributed by atoms with Crippen molar-refractivity contribution in [1.29, 1.82) is 0 Å². The van der Waals surface area contributed by atoms with Gasteiger partial charge in [0, 0.05) is 18.9 Å². The Morgan fingerprint density at radius 1 is 1.28 bits per heavy atom. The zero-order valence-corrected chi connectivity index (χ0v) is 9.95. The van der Waals surface area contributed by atoms with E-state index in [0.717, 1.165) is 12.1 Å². The summed E-state index contributed by atoms with van der Waals surface area (Å²) in [4.78, 5) is 24.3. The first-order valence-electron chi connectivity index (χ1n) is 5.77. The molecule has 0 aromatic heterocycles. The van der Waals surface area contributed by atoms with Crippen LogP contribution in [0.3, 0.4) is 0 Å². The van der Waals surface area contributed by atoms with Crippen LogP contribution in [-0.4, -0.2) is 23.3 Å². The predicted octanol–water partition coefficient (Wildman–Crippen LogP) is 1.90. The lowest BCUT2D eigenvalue weighted by Gasteiger charge is -2.14. The van der Waals surface area contributed by atoms with E-state index in [1.165, 1.54) is 11.0 Å². The summed E-state index contributed by atoms with van der Waals surface area (Å²) in [6.07, 6.45) is 0.567. The largest absolute Gasteiger partial charge is 0.282 e. The Labute approximate surface area is 103 Å². The number of carbonyl (C=O) groups is 2. The predicted molar refractivity (Wildman–Crippen MR) is 60.6 cm³/mol. The van der Waals surface area contributed by atoms with Gasteiger partial charge in [0.2, 0.25) is 11.8 Å². The van der Waals surface area contributed by atoms with Crippen molar-refractivity contribution in [3.05, 3.63) is 35.4 Å². The summed E-state index contributed by atoms with van der Waals surface area (Å²) in [7, 11) is 0. The van der Waals surface area contributed by atoms with E-state index in [1.807, 2.05) is 0 Å². The highest BCUT2D eigenvalue weighted by atomic mass is 19.2. The molecular weight excluding hydrogens is 240 g/mol. The highest BCUT2D eigenvalue weighted by molar-refractivity contribution is 6.03. The molecular formula is C13H13F2NO2. The van der Waals surface area contributed by atoms with Gasteiger partial charge >= 0.3 is 0 Å². The Kier molecular flexibility index (Phi) is 3.41. The Balaban J connectivity index is 2.01. The first-order chi connectivity index (χ1) is 8.49. The van der Waals surface area contributed by atoms with Crippen molar-refractivity contribution in [2.75, 3.05) is 6.54 Å². The molecule has 5 heteroatoms. The maximum Gasteiger partial charge on any atom is 0.232 e. The lowest BCUT2D eigenvalue weighted by Crippen LogP contribution is -2.32. The number of hydrogen-bond donors (Lipinski definition) is 0. The van der Waals surface area contributed by atoms with E-state index in [9.17, 15) is 18.4 Å². The highest BCUT2D eigenvalue weighted by Gasteiger charge is 2.34. The van der Waals surface area contributed by atoms with Gasteiger partial charge in [-0.15, -0.1) is 0 Å².